The highest BCUT2D eigenvalue weighted by Gasteiger charge is 2.09. The average Bonchev–Trinajstić information content (AvgIpc) is 2.52. The molecule has 0 saturated carbocycles. The van der Waals surface area contributed by atoms with E-state index in [2.05, 4.69) is 4.98 Å². The molecule has 6 nitrogen and oxygen atoms in total. The van der Waals surface area contributed by atoms with Crippen LogP contribution in [0, 0.1) is 0 Å². The third-order valence-corrected chi connectivity index (χ3v) is 1.71. The van der Waals surface area contributed by atoms with Crippen LogP contribution in [0.1, 0.15) is 25.7 Å². The highest BCUT2D eigenvalue weighted by atomic mass is 16.4. The number of nitrogens with zero attached hydrogens (tertiary/aromatic N) is 1. The smallest absolute Gasteiger partial charge is 0.270 e. The van der Waals surface area contributed by atoms with E-state index in [0.29, 0.717) is 0 Å². The zero-order valence-corrected chi connectivity index (χ0v) is 9.23. The first-order valence-electron chi connectivity index (χ1n) is 4.61. The number of aromatic amines is 1. The van der Waals surface area contributed by atoms with Crippen LogP contribution < -0.4 is 21.1 Å². The number of carbonyl (C=O) groups excluding carboxylic acids is 1. The zero-order valence-electron chi connectivity index (χ0n) is 9.23. The summed E-state index contributed by atoms with van der Waals surface area (Å²) in [5.41, 5.74) is 10.4. The number of carboxylic acid groups (broad SMARTS) is 1. The summed E-state index contributed by atoms with van der Waals surface area (Å²) >= 11 is 0. The van der Waals surface area contributed by atoms with Gasteiger partial charge in [0.2, 0.25) is 0 Å². The van der Waals surface area contributed by atoms with Gasteiger partial charge in [0.15, 0.2) is 0 Å². The predicted octanol–water partition coefficient (Wildman–Crippen LogP) is -2.06. The van der Waals surface area contributed by atoms with Crippen LogP contribution in [0.3, 0.4) is 0 Å². The number of imidazole rings is 1. The van der Waals surface area contributed by atoms with Crippen LogP contribution in [-0.2, 0) is 11.8 Å². The van der Waals surface area contributed by atoms with Crippen LogP contribution in [0.5, 0.6) is 0 Å². The SMILES string of the molecule is CC(N)c1[nH]cc[n+]1C.C[C@H](N)C(=O)[O-]. The average molecular weight is 214 g/mol. The molecular formula is C9H18N4O2. The number of H-pyrrole nitrogens is 1. The Bertz CT molecular complexity index is 307. The lowest BCUT2D eigenvalue weighted by molar-refractivity contribution is -0.679. The molecule has 0 saturated heterocycles. The molecule has 1 aromatic rings. The number of nitrogens with two attached hydrogens (primary N) is 2. The highest BCUT2D eigenvalue weighted by Crippen LogP contribution is 1.96. The summed E-state index contributed by atoms with van der Waals surface area (Å²) in [6.07, 6.45) is 3.82. The zero-order chi connectivity index (χ0) is 12.0. The van der Waals surface area contributed by atoms with Crippen molar-refractivity contribution in [2.24, 2.45) is 18.5 Å². The Labute approximate surface area is 88.9 Å². The monoisotopic (exact) mass is 214 g/mol. The quantitative estimate of drug-likeness (QED) is 0.491. The number of carbonyl (C=O) groups is 1. The topological polar surface area (TPSA) is 112 Å². The molecule has 15 heavy (non-hydrogen) atoms. The normalized spacial score (nSPS) is 13.7. The van der Waals surface area contributed by atoms with E-state index in [-0.39, 0.29) is 6.04 Å². The standard InChI is InChI=1S/C6H11N3.C3H7NO2/c1-5(7)6-8-3-4-9(6)2;1-2(4)3(5)6/h3-5H,7H2,1-2H3;2H,4H2,1H3,(H,5,6)/t;2-/m.0/s1. The van der Waals surface area contributed by atoms with Gasteiger partial charge in [-0.15, -0.1) is 0 Å². The van der Waals surface area contributed by atoms with Crippen LogP contribution >= 0.6 is 0 Å². The molecule has 0 amide bonds. The van der Waals surface area contributed by atoms with Crippen molar-refractivity contribution in [1.29, 1.82) is 0 Å². The van der Waals surface area contributed by atoms with Crippen LogP contribution in [0.4, 0.5) is 0 Å². The van der Waals surface area contributed by atoms with E-state index in [1.807, 2.05) is 30.9 Å². The molecule has 0 aliphatic heterocycles. The van der Waals surface area contributed by atoms with E-state index in [1.54, 1.807) is 0 Å². The molecule has 1 unspecified atom stereocenters. The van der Waals surface area contributed by atoms with E-state index in [0.717, 1.165) is 5.82 Å². The Morgan fingerprint density at radius 2 is 2.00 bits per heavy atom. The fourth-order valence-electron chi connectivity index (χ4n) is 0.869. The first-order chi connectivity index (χ1) is 6.86. The number of hydrogen-bond acceptors (Lipinski definition) is 4. The number of carboxylic acids is 1. The number of hydrogen-bond donors (Lipinski definition) is 3. The summed E-state index contributed by atoms with van der Waals surface area (Å²) in [6, 6.07) is -0.755. The molecule has 2 atom stereocenters. The minimum Gasteiger partial charge on any atom is -0.548 e. The number of aryl methyl sites for hydroxylation is 1. The van der Waals surface area contributed by atoms with Crippen molar-refractivity contribution < 1.29 is 14.5 Å². The maximum atomic E-state index is 9.46. The van der Waals surface area contributed by atoms with Crippen LogP contribution in [0.2, 0.25) is 0 Å². The minimum atomic E-state index is -1.21. The van der Waals surface area contributed by atoms with Crippen molar-refractivity contribution in [2.45, 2.75) is 25.9 Å². The van der Waals surface area contributed by atoms with Gasteiger partial charge in [-0.05, 0) is 13.8 Å². The molecule has 86 valence electrons. The highest BCUT2D eigenvalue weighted by molar-refractivity contribution is 5.70. The van der Waals surface area contributed by atoms with Crippen molar-refractivity contribution in [3.63, 3.8) is 0 Å². The Kier molecular flexibility index (Phi) is 5.58. The van der Waals surface area contributed by atoms with E-state index < -0.39 is 12.0 Å². The fourth-order valence-corrected chi connectivity index (χ4v) is 0.869. The summed E-state index contributed by atoms with van der Waals surface area (Å²) in [6.45, 7) is 3.31. The number of aliphatic carboxylic acids is 1. The lowest BCUT2D eigenvalue weighted by Crippen LogP contribution is -2.39. The summed E-state index contributed by atoms with van der Waals surface area (Å²) < 4.78 is 1.98. The van der Waals surface area contributed by atoms with Crippen molar-refractivity contribution in [3.05, 3.63) is 18.2 Å². The van der Waals surface area contributed by atoms with Crippen molar-refractivity contribution in [1.82, 2.24) is 4.98 Å². The Hall–Kier alpha value is -1.40. The molecule has 0 spiro atoms. The van der Waals surface area contributed by atoms with E-state index >= 15 is 0 Å². The van der Waals surface area contributed by atoms with Gasteiger partial charge in [0, 0.05) is 6.04 Å². The molecule has 0 radical (unpaired) electrons. The van der Waals surface area contributed by atoms with Crippen molar-refractivity contribution >= 4 is 5.97 Å². The third-order valence-electron chi connectivity index (χ3n) is 1.71. The fraction of sp³-hybridized carbons (Fsp3) is 0.556. The largest absolute Gasteiger partial charge is 0.548 e. The van der Waals surface area contributed by atoms with Crippen molar-refractivity contribution in [2.75, 3.05) is 0 Å². The van der Waals surface area contributed by atoms with Crippen molar-refractivity contribution in [3.8, 4) is 0 Å². The van der Waals surface area contributed by atoms with Gasteiger partial charge >= 0.3 is 0 Å². The molecule has 6 heteroatoms. The molecule has 1 heterocycles. The van der Waals surface area contributed by atoms with Gasteiger partial charge in [0.25, 0.3) is 5.82 Å². The third kappa shape index (κ3) is 5.14. The van der Waals surface area contributed by atoms with Gasteiger partial charge < -0.3 is 21.4 Å². The van der Waals surface area contributed by atoms with E-state index in [9.17, 15) is 9.90 Å². The van der Waals surface area contributed by atoms with Gasteiger partial charge in [-0.25, -0.2) is 9.55 Å². The summed E-state index contributed by atoms with van der Waals surface area (Å²) in [7, 11) is 1.97. The predicted molar refractivity (Wildman–Crippen MR) is 53.2 cm³/mol. The lowest BCUT2D eigenvalue weighted by atomic mass is 10.3. The minimum absolute atomic E-state index is 0.0880. The second-order valence-electron chi connectivity index (χ2n) is 3.35. The molecular weight excluding hydrogens is 196 g/mol. The van der Waals surface area contributed by atoms with Gasteiger partial charge in [0.05, 0.1) is 13.0 Å². The van der Waals surface area contributed by atoms with Gasteiger partial charge in [-0.2, -0.15) is 0 Å². The second kappa shape index (κ2) is 6.15. The molecule has 1 aromatic heterocycles. The summed E-state index contributed by atoms with van der Waals surface area (Å²) in [4.78, 5) is 12.5. The molecule has 0 aliphatic rings. The second-order valence-corrected chi connectivity index (χ2v) is 3.35. The van der Waals surface area contributed by atoms with Gasteiger partial charge in [-0.1, -0.05) is 0 Å². The maximum Gasteiger partial charge on any atom is 0.270 e. The first-order valence-corrected chi connectivity index (χ1v) is 4.61. The molecule has 0 aliphatic carbocycles. The summed E-state index contributed by atoms with van der Waals surface area (Å²) in [5, 5.41) is 9.46. The van der Waals surface area contributed by atoms with E-state index in [4.69, 9.17) is 11.5 Å². The molecule has 0 bridgehead atoms. The molecule has 0 aromatic carbocycles. The molecule has 0 fully saturated rings. The van der Waals surface area contributed by atoms with E-state index in [1.165, 1.54) is 6.92 Å². The number of rotatable bonds is 2. The number of aromatic nitrogens is 2. The van der Waals surface area contributed by atoms with Gasteiger partial charge in [0.1, 0.15) is 18.4 Å². The number of nitrogens with one attached hydrogen (secondary N) is 1. The Balaban J connectivity index is 0.000000288. The van der Waals surface area contributed by atoms with Crippen LogP contribution in [0.25, 0.3) is 0 Å². The Morgan fingerprint density at radius 3 is 2.13 bits per heavy atom. The van der Waals surface area contributed by atoms with Crippen LogP contribution in [0.15, 0.2) is 12.4 Å². The maximum absolute atomic E-state index is 9.46. The lowest BCUT2D eigenvalue weighted by Gasteiger charge is -2.01. The Morgan fingerprint density at radius 1 is 1.53 bits per heavy atom. The molecule has 5 N–H and O–H groups in total. The van der Waals surface area contributed by atoms with Crippen LogP contribution in [-0.4, -0.2) is 17.0 Å². The first kappa shape index (κ1) is 13.6. The molecule has 1 rings (SSSR count). The summed E-state index contributed by atoms with van der Waals surface area (Å²) in [5.74, 6) is -0.162. The van der Waals surface area contributed by atoms with Gasteiger partial charge in [-0.3, -0.25) is 0 Å².